The van der Waals surface area contributed by atoms with Gasteiger partial charge in [0.15, 0.2) is 9.84 Å². The molecule has 0 aromatic heterocycles. The maximum atomic E-state index is 12.9. The predicted octanol–water partition coefficient (Wildman–Crippen LogP) is 3.25. The van der Waals surface area contributed by atoms with Gasteiger partial charge in [-0.05, 0) is 78.1 Å². The first-order valence-electron chi connectivity index (χ1n) is 11.8. The molecule has 1 aliphatic rings. The van der Waals surface area contributed by atoms with Crippen molar-refractivity contribution in [2.24, 2.45) is 5.92 Å². The van der Waals surface area contributed by atoms with Gasteiger partial charge in [0.2, 0.25) is 5.91 Å². The molecule has 2 amide bonds. The van der Waals surface area contributed by atoms with Crippen LogP contribution in [0, 0.1) is 5.92 Å². The molecule has 1 aromatic rings. The zero-order valence-corrected chi connectivity index (χ0v) is 21.7. The van der Waals surface area contributed by atoms with Crippen LogP contribution in [-0.2, 0) is 20.8 Å². The fraction of sp³-hybridized carbons (Fsp3) is 0.667. The van der Waals surface area contributed by atoms with Gasteiger partial charge in [-0.3, -0.25) is 9.59 Å². The number of hydrogen-bond acceptors (Lipinski definition) is 5. The van der Waals surface area contributed by atoms with Crippen molar-refractivity contribution >= 4 is 21.7 Å². The average Bonchev–Trinajstić information content (AvgIpc) is 2.77. The minimum Gasteiger partial charge on any atom is -0.352 e. The fourth-order valence-corrected chi connectivity index (χ4v) is 5.60. The van der Waals surface area contributed by atoms with Gasteiger partial charge in [-0.2, -0.15) is 13.2 Å². The van der Waals surface area contributed by atoms with Crippen LogP contribution >= 0.6 is 0 Å². The number of benzene rings is 1. The third-order valence-corrected chi connectivity index (χ3v) is 9.05. The largest absolute Gasteiger partial charge is 0.416 e. The number of rotatable bonds is 9. The first-order valence-corrected chi connectivity index (χ1v) is 13.5. The Morgan fingerprint density at radius 3 is 2.37 bits per heavy atom. The lowest BCUT2D eigenvalue weighted by Gasteiger charge is -2.41. The molecule has 0 radical (unpaired) electrons. The Morgan fingerprint density at radius 1 is 1.14 bits per heavy atom. The van der Waals surface area contributed by atoms with Crippen molar-refractivity contribution in [3.63, 3.8) is 0 Å². The van der Waals surface area contributed by atoms with E-state index in [0.717, 1.165) is 24.6 Å². The summed E-state index contributed by atoms with van der Waals surface area (Å²) in [4.78, 5) is 27.1. The van der Waals surface area contributed by atoms with Gasteiger partial charge >= 0.3 is 6.18 Å². The average molecular weight is 520 g/mol. The van der Waals surface area contributed by atoms with Crippen LogP contribution < -0.4 is 10.6 Å². The summed E-state index contributed by atoms with van der Waals surface area (Å²) in [6.45, 7) is 6.98. The molecule has 2 N–H and O–H groups in total. The Bertz CT molecular complexity index is 996. The van der Waals surface area contributed by atoms with Crippen molar-refractivity contribution in [2.45, 2.75) is 76.5 Å². The molecular formula is C24H36F3N3O4S. The first kappa shape index (κ1) is 29.1. The van der Waals surface area contributed by atoms with E-state index in [4.69, 9.17) is 0 Å². The van der Waals surface area contributed by atoms with Gasteiger partial charge in [-0.15, -0.1) is 0 Å². The summed E-state index contributed by atoms with van der Waals surface area (Å²) < 4.78 is 64.0. The number of carbonyl (C=O) groups is 2. The standard InChI is InChI=1S/C24H36F3N3O4S/c1-15(2)30(5)20-9-10-21(18(12-20)14-35(33,34)16(3)4)29-22(31)13-28-23(32)17-7-6-8-19(11-17)24(25,26)27/h6-8,11,15-16,18,20-21H,9-10,12-14H2,1-5H3,(H,28,32)(H,29,31)/t18-,20+,21-/m0/s1. The van der Waals surface area contributed by atoms with E-state index in [0.29, 0.717) is 18.9 Å². The number of nitrogens with one attached hydrogen (secondary N) is 2. The highest BCUT2D eigenvalue weighted by Crippen LogP contribution is 2.31. The van der Waals surface area contributed by atoms with Crippen LogP contribution in [0.5, 0.6) is 0 Å². The normalized spacial score (nSPS) is 21.4. The van der Waals surface area contributed by atoms with E-state index in [9.17, 15) is 31.2 Å². The van der Waals surface area contributed by atoms with Crippen molar-refractivity contribution in [1.82, 2.24) is 15.5 Å². The fourth-order valence-electron chi connectivity index (χ4n) is 4.25. The molecule has 198 valence electrons. The lowest BCUT2D eigenvalue weighted by atomic mass is 9.81. The number of carbonyl (C=O) groups excluding carboxylic acids is 2. The molecular weight excluding hydrogens is 483 g/mol. The summed E-state index contributed by atoms with van der Waals surface area (Å²) in [6, 6.07) is 4.06. The maximum Gasteiger partial charge on any atom is 0.416 e. The molecule has 11 heteroatoms. The van der Waals surface area contributed by atoms with Gasteiger partial charge in [-0.1, -0.05) is 6.07 Å². The summed E-state index contributed by atoms with van der Waals surface area (Å²) in [5.41, 5.74) is -1.15. The molecule has 1 saturated carbocycles. The van der Waals surface area contributed by atoms with E-state index in [-0.39, 0.29) is 29.3 Å². The van der Waals surface area contributed by atoms with Crippen LogP contribution in [0.2, 0.25) is 0 Å². The highest BCUT2D eigenvalue weighted by molar-refractivity contribution is 7.91. The van der Waals surface area contributed by atoms with E-state index in [1.807, 2.05) is 7.05 Å². The minimum absolute atomic E-state index is 0.0470. The van der Waals surface area contributed by atoms with Crippen LogP contribution in [0.1, 0.15) is 62.9 Å². The van der Waals surface area contributed by atoms with Crippen molar-refractivity contribution in [2.75, 3.05) is 19.3 Å². The van der Waals surface area contributed by atoms with Crippen LogP contribution in [0.15, 0.2) is 24.3 Å². The molecule has 2 rings (SSSR count). The molecule has 7 nitrogen and oxygen atoms in total. The highest BCUT2D eigenvalue weighted by Gasteiger charge is 2.37. The van der Waals surface area contributed by atoms with Gasteiger partial charge in [0.05, 0.1) is 23.1 Å². The van der Waals surface area contributed by atoms with Crippen molar-refractivity contribution in [3.8, 4) is 0 Å². The van der Waals surface area contributed by atoms with Crippen LogP contribution in [-0.4, -0.2) is 67.9 Å². The molecule has 0 aliphatic heterocycles. The zero-order chi connectivity index (χ0) is 26.6. The molecule has 3 atom stereocenters. The minimum atomic E-state index is -4.58. The summed E-state index contributed by atoms with van der Waals surface area (Å²) in [7, 11) is -1.34. The summed E-state index contributed by atoms with van der Waals surface area (Å²) >= 11 is 0. The van der Waals surface area contributed by atoms with Gasteiger partial charge in [0.1, 0.15) is 0 Å². The summed E-state index contributed by atoms with van der Waals surface area (Å²) in [5, 5.41) is 4.66. The van der Waals surface area contributed by atoms with Gasteiger partial charge in [-0.25, -0.2) is 8.42 Å². The monoisotopic (exact) mass is 519 g/mol. The molecule has 0 bridgehead atoms. The topological polar surface area (TPSA) is 95.6 Å². The van der Waals surface area contributed by atoms with E-state index in [1.54, 1.807) is 13.8 Å². The number of hydrogen-bond donors (Lipinski definition) is 2. The lowest BCUT2D eigenvalue weighted by molar-refractivity contribution is -0.137. The van der Waals surface area contributed by atoms with Crippen molar-refractivity contribution in [1.29, 1.82) is 0 Å². The zero-order valence-electron chi connectivity index (χ0n) is 20.9. The van der Waals surface area contributed by atoms with Crippen LogP contribution in [0.3, 0.4) is 0 Å². The predicted molar refractivity (Wildman–Crippen MR) is 129 cm³/mol. The van der Waals surface area contributed by atoms with E-state index in [2.05, 4.69) is 29.4 Å². The molecule has 0 heterocycles. The van der Waals surface area contributed by atoms with Crippen LogP contribution in [0.25, 0.3) is 0 Å². The van der Waals surface area contributed by atoms with Crippen molar-refractivity contribution < 1.29 is 31.2 Å². The summed E-state index contributed by atoms with van der Waals surface area (Å²) in [5.74, 6) is -1.65. The molecule has 0 unspecified atom stereocenters. The Hall–Kier alpha value is -2.14. The second-order valence-corrected chi connectivity index (χ2v) is 12.4. The second kappa shape index (κ2) is 11.7. The molecule has 1 aliphatic carbocycles. The first-order chi connectivity index (χ1) is 16.1. The quantitative estimate of drug-likeness (QED) is 0.522. The van der Waals surface area contributed by atoms with E-state index >= 15 is 0 Å². The maximum absolute atomic E-state index is 12.9. The Morgan fingerprint density at radius 2 is 1.80 bits per heavy atom. The number of alkyl halides is 3. The Kier molecular flexibility index (Phi) is 9.75. The molecule has 1 aromatic carbocycles. The SMILES string of the molecule is CC(C)N(C)[C@@H]1CC[C@H](NC(=O)CNC(=O)c2cccc(C(F)(F)F)c2)[C@H](CS(=O)(=O)C(C)C)C1. The third-order valence-electron chi connectivity index (χ3n) is 6.72. The Labute approximate surface area is 205 Å². The van der Waals surface area contributed by atoms with Gasteiger partial charge in [0.25, 0.3) is 5.91 Å². The number of sulfone groups is 1. The number of nitrogens with zero attached hydrogens (tertiary/aromatic N) is 1. The number of halogens is 3. The molecule has 0 spiro atoms. The van der Waals surface area contributed by atoms with Crippen LogP contribution in [0.4, 0.5) is 13.2 Å². The second-order valence-electron chi connectivity index (χ2n) is 9.80. The third kappa shape index (κ3) is 8.20. The van der Waals surface area contributed by atoms with Gasteiger partial charge < -0.3 is 15.5 Å². The smallest absolute Gasteiger partial charge is 0.352 e. The summed E-state index contributed by atoms with van der Waals surface area (Å²) in [6.07, 6.45) is -2.59. The van der Waals surface area contributed by atoms with Crippen molar-refractivity contribution in [3.05, 3.63) is 35.4 Å². The van der Waals surface area contributed by atoms with Gasteiger partial charge in [0, 0.05) is 23.7 Å². The van der Waals surface area contributed by atoms with E-state index < -0.39 is 45.2 Å². The molecule has 35 heavy (non-hydrogen) atoms. The molecule has 0 saturated heterocycles. The Balaban J connectivity index is 2.04. The molecule has 1 fully saturated rings. The van der Waals surface area contributed by atoms with E-state index in [1.165, 1.54) is 6.07 Å². The highest BCUT2D eigenvalue weighted by atomic mass is 32.2. The lowest BCUT2D eigenvalue weighted by Crippen LogP contribution is -2.52. The number of amides is 2.